The summed E-state index contributed by atoms with van der Waals surface area (Å²) in [6.45, 7) is 1.47. The van der Waals surface area contributed by atoms with E-state index in [-0.39, 0.29) is 11.5 Å². The monoisotopic (exact) mass is 339 g/mol. The molecule has 24 heavy (non-hydrogen) atoms. The van der Waals surface area contributed by atoms with Gasteiger partial charge in [0.15, 0.2) is 0 Å². The Bertz CT molecular complexity index is 960. The van der Waals surface area contributed by atoms with Gasteiger partial charge in [0.05, 0.1) is 10.9 Å². The van der Waals surface area contributed by atoms with Crippen LogP contribution in [0.15, 0.2) is 40.5 Å². The lowest BCUT2D eigenvalue weighted by Gasteiger charge is -2.27. The number of nitrogens with zero attached hydrogens (tertiary/aromatic N) is 2. The van der Waals surface area contributed by atoms with Crippen molar-refractivity contribution in [2.24, 2.45) is 0 Å². The molecule has 0 unspecified atom stereocenters. The zero-order valence-electron chi connectivity index (χ0n) is 13.1. The molecular weight excluding hydrogens is 322 g/mol. The summed E-state index contributed by atoms with van der Waals surface area (Å²) in [5.41, 5.74) is 1.78. The lowest BCUT2D eigenvalue weighted by Crippen LogP contribution is -2.35. The van der Waals surface area contributed by atoms with Crippen molar-refractivity contribution in [3.63, 3.8) is 0 Å². The van der Waals surface area contributed by atoms with Gasteiger partial charge in [-0.25, -0.2) is 4.98 Å². The summed E-state index contributed by atoms with van der Waals surface area (Å²) in [7, 11) is 0. The molecule has 1 amide bonds. The van der Waals surface area contributed by atoms with Gasteiger partial charge >= 0.3 is 0 Å². The van der Waals surface area contributed by atoms with E-state index in [1.165, 1.54) is 10.4 Å². The van der Waals surface area contributed by atoms with Crippen LogP contribution in [0.5, 0.6) is 0 Å². The van der Waals surface area contributed by atoms with E-state index in [0.717, 1.165) is 13.0 Å². The molecule has 1 N–H and O–H groups in total. The zero-order valence-corrected chi connectivity index (χ0v) is 13.9. The standard InChI is InChI=1S/C18H17N3O2S/c22-17(21-9-7-15-12(11-21)8-10-24-15)6-5-16-19-14-4-2-1-3-13(14)18(23)20-16/h1-4,8,10H,5-7,9,11H2,(H,19,20,23). The molecule has 0 saturated carbocycles. The lowest BCUT2D eigenvalue weighted by molar-refractivity contribution is -0.132. The fourth-order valence-corrected chi connectivity index (χ4v) is 3.99. The number of aryl methyl sites for hydroxylation is 1. The van der Waals surface area contributed by atoms with Gasteiger partial charge in [0.25, 0.3) is 5.56 Å². The molecule has 2 aromatic heterocycles. The first-order valence-electron chi connectivity index (χ1n) is 8.01. The summed E-state index contributed by atoms with van der Waals surface area (Å²) in [5.74, 6) is 0.683. The highest BCUT2D eigenvalue weighted by Gasteiger charge is 2.21. The van der Waals surface area contributed by atoms with Gasteiger partial charge < -0.3 is 9.88 Å². The van der Waals surface area contributed by atoms with E-state index in [4.69, 9.17) is 0 Å². The van der Waals surface area contributed by atoms with Crippen LogP contribution in [0, 0.1) is 0 Å². The Morgan fingerprint density at radius 1 is 1.29 bits per heavy atom. The van der Waals surface area contributed by atoms with Gasteiger partial charge in [-0.15, -0.1) is 11.3 Å². The fourth-order valence-electron chi connectivity index (χ4n) is 3.10. The minimum Gasteiger partial charge on any atom is -0.338 e. The number of thiophene rings is 1. The summed E-state index contributed by atoms with van der Waals surface area (Å²) in [4.78, 5) is 35.1. The van der Waals surface area contributed by atoms with Gasteiger partial charge in [-0.1, -0.05) is 12.1 Å². The molecule has 1 aromatic carbocycles. The van der Waals surface area contributed by atoms with Crippen LogP contribution >= 0.6 is 11.3 Å². The van der Waals surface area contributed by atoms with Crippen molar-refractivity contribution in [1.82, 2.24) is 14.9 Å². The number of fused-ring (bicyclic) bond motifs is 2. The van der Waals surface area contributed by atoms with Gasteiger partial charge in [-0.05, 0) is 35.6 Å². The van der Waals surface area contributed by atoms with Crippen molar-refractivity contribution in [2.45, 2.75) is 25.8 Å². The Morgan fingerprint density at radius 3 is 3.08 bits per heavy atom. The molecule has 0 radical (unpaired) electrons. The van der Waals surface area contributed by atoms with Gasteiger partial charge in [0.2, 0.25) is 5.91 Å². The molecule has 5 nitrogen and oxygen atoms in total. The average Bonchev–Trinajstić information content (AvgIpc) is 3.07. The number of carbonyl (C=O) groups is 1. The highest BCUT2D eigenvalue weighted by atomic mass is 32.1. The Kier molecular flexibility index (Phi) is 3.90. The second-order valence-electron chi connectivity index (χ2n) is 5.96. The topological polar surface area (TPSA) is 66.1 Å². The maximum absolute atomic E-state index is 12.5. The summed E-state index contributed by atoms with van der Waals surface area (Å²) >= 11 is 1.76. The smallest absolute Gasteiger partial charge is 0.258 e. The molecule has 122 valence electrons. The molecule has 0 saturated heterocycles. The van der Waals surface area contributed by atoms with Crippen LogP contribution in [-0.4, -0.2) is 27.3 Å². The Morgan fingerprint density at radius 2 is 2.17 bits per heavy atom. The summed E-state index contributed by atoms with van der Waals surface area (Å²) in [6, 6.07) is 9.34. The number of H-pyrrole nitrogens is 1. The maximum atomic E-state index is 12.5. The Hall–Kier alpha value is -2.47. The van der Waals surface area contributed by atoms with E-state index in [0.29, 0.717) is 36.1 Å². The highest BCUT2D eigenvalue weighted by Crippen LogP contribution is 2.24. The third kappa shape index (κ3) is 2.85. The lowest BCUT2D eigenvalue weighted by atomic mass is 10.1. The molecule has 4 rings (SSSR count). The molecule has 3 heterocycles. The van der Waals surface area contributed by atoms with Crippen LogP contribution in [0.2, 0.25) is 0 Å². The normalized spacial score (nSPS) is 13.9. The second-order valence-corrected chi connectivity index (χ2v) is 6.96. The van der Waals surface area contributed by atoms with Crippen molar-refractivity contribution < 1.29 is 4.79 Å². The number of aromatic amines is 1. The van der Waals surface area contributed by atoms with E-state index >= 15 is 0 Å². The number of benzene rings is 1. The van der Waals surface area contributed by atoms with E-state index in [1.807, 2.05) is 23.1 Å². The number of para-hydroxylation sites is 1. The summed E-state index contributed by atoms with van der Waals surface area (Å²) in [6.07, 6.45) is 1.75. The van der Waals surface area contributed by atoms with Gasteiger partial charge in [-0.2, -0.15) is 0 Å². The molecule has 0 aliphatic carbocycles. The summed E-state index contributed by atoms with van der Waals surface area (Å²) in [5, 5.41) is 2.66. The largest absolute Gasteiger partial charge is 0.338 e. The maximum Gasteiger partial charge on any atom is 0.258 e. The van der Waals surface area contributed by atoms with Crippen molar-refractivity contribution in [3.05, 3.63) is 62.3 Å². The van der Waals surface area contributed by atoms with Crippen LogP contribution in [0.25, 0.3) is 10.9 Å². The molecule has 0 fully saturated rings. The molecular formula is C18H17N3O2S. The van der Waals surface area contributed by atoms with Crippen LogP contribution in [0.3, 0.4) is 0 Å². The predicted octanol–water partition coefficient (Wildman–Crippen LogP) is 2.50. The number of hydrogen-bond acceptors (Lipinski definition) is 4. The first kappa shape index (κ1) is 15.1. The highest BCUT2D eigenvalue weighted by molar-refractivity contribution is 7.10. The number of amides is 1. The SMILES string of the molecule is O=C(CCc1nc2ccccc2c(=O)[nH]1)N1CCc2sccc2C1. The van der Waals surface area contributed by atoms with Crippen molar-refractivity contribution in [2.75, 3.05) is 6.54 Å². The minimum absolute atomic E-state index is 0.114. The first-order valence-corrected chi connectivity index (χ1v) is 8.89. The van der Waals surface area contributed by atoms with Crippen molar-refractivity contribution in [1.29, 1.82) is 0 Å². The molecule has 0 bridgehead atoms. The molecule has 1 aliphatic heterocycles. The van der Waals surface area contributed by atoms with Gasteiger partial charge in [0, 0.05) is 30.8 Å². The third-order valence-electron chi connectivity index (χ3n) is 4.40. The second kappa shape index (κ2) is 6.20. The quantitative estimate of drug-likeness (QED) is 0.797. The number of rotatable bonds is 3. The van der Waals surface area contributed by atoms with Crippen LogP contribution in [0.4, 0.5) is 0 Å². The molecule has 3 aromatic rings. The van der Waals surface area contributed by atoms with Gasteiger partial charge in [-0.3, -0.25) is 9.59 Å². The van der Waals surface area contributed by atoms with Gasteiger partial charge in [0.1, 0.15) is 5.82 Å². The molecule has 1 aliphatic rings. The van der Waals surface area contributed by atoms with Crippen molar-refractivity contribution >= 4 is 28.1 Å². The zero-order chi connectivity index (χ0) is 16.5. The number of aromatic nitrogens is 2. The van der Waals surface area contributed by atoms with Crippen LogP contribution in [0.1, 0.15) is 22.7 Å². The van der Waals surface area contributed by atoms with Crippen molar-refractivity contribution in [3.8, 4) is 0 Å². The Balaban J connectivity index is 1.45. The number of nitrogens with one attached hydrogen (secondary N) is 1. The van der Waals surface area contributed by atoms with E-state index in [2.05, 4.69) is 21.4 Å². The average molecular weight is 339 g/mol. The predicted molar refractivity (Wildman–Crippen MR) is 94.1 cm³/mol. The van der Waals surface area contributed by atoms with E-state index in [9.17, 15) is 9.59 Å². The van der Waals surface area contributed by atoms with E-state index < -0.39 is 0 Å². The number of hydrogen-bond donors (Lipinski definition) is 1. The molecule has 0 atom stereocenters. The molecule has 0 spiro atoms. The first-order chi connectivity index (χ1) is 11.7. The van der Waals surface area contributed by atoms with E-state index in [1.54, 1.807) is 17.4 Å². The van der Waals surface area contributed by atoms with Crippen LogP contribution < -0.4 is 5.56 Å². The van der Waals surface area contributed by atoms with Crippen LogP contribution in [-0.2, 0) is 24.2 Å². The minimum atomic E-state index is -0.149. The Labute approximate surface area is 143 Å². The third-order valence-corrected chi connectivity index (χ3v) is 5.42. The summed E-state index contributed by atoms with van der Waals surface area (Å²) < 4.78 is 0. The fraction of sp³-hybridized carbons (Fsp3) is 0.278. The number of carbonyl (C=O) groups excluding carboxylic acids is 1. The molecule has 6 heteroatoms.